The van der Waals surface area contributed by atoms with Crippen molar-refractivity contribution in [2.75, 3.05) is 0 Å². The number of primary sulfonamides is 1. The molecule has 0 fully saturated rings. The van der Waals surface area contributed by atoms with Gasteiger partial charge >= 0.3 is 0 Å². The van der Waals surface area contributed by atoms with Crippen LogP contribution >= 0.6 is 0 Å². The second kappa shape index (κ2) is 8.56. The highest BCUT2D eigenvalue weighted by Crippen LogP contribution is 2.16. The third kappa shape index (κ3) is 4.97. The van der Waals surface area contributed by atoms with Gasteiger partial charge < -0.3 is 5.32 Å². The first-order valence-corrected chi connectivity index (χ1v) is 10.4. The Morgan fingerprint density at radius 3 is 2.33 bits per heavy atom. The molecule has 0 saturated carbocycles. The number of aromatic nitrogens is 2. The van der Waals surface area contributed by atoms with E-state index in [9.17, 15) is 22.4 Å². The number of nitrogens with two attached hydrogens (primary N) is 1. The molecule has 0 aliphatic heterocycles. The van der Waals surface area contributed by atoms with Gasteiger partial charge in [-0.2, -0.15) is 5.10 Å². The largest absolute Gasteiger partial charge is 0.350 e. The Labute approximate surface area is 172 Å². The summed E-state index contributed by atoms with van der Waals surface area (Å²) in [5.41, 5.74) is 1.23. The van der Waals surface area contributed by atoms with Gasteiger partial charge in [0.2, 0.25) is 15.9 Å². The molecule has 0 aliphatic rings. The second-order valence-electron chi connectivity index (χ2n) is 6.59. The average molecular weight is 430 g/mol. The lowest BCUT2D eigenvalue weighted by atomic mass is 10.1. The number of nitrogens with zero attached hydrogens (tertiary/aromatic N) is 2. The Bertz CT molecular complexity index is 1220. The molecule has 3 N–H and O–H groups in total. The lowest BCUT2D eigenvalue weighted by Crippen LogP contribution is -2.36. The van der Waals surface area contributed by atoms with E-state index in [-0.39, 0.29) is 11.4 Å². The highest BCUT2D eigenvalue weighted by atomic mass is 32.2. The summed E-state index contributed by atoms with van der Waals surface area (Å²) in [7, 11) is -3.79. The quantitative estimate of drug-likeness (QED) is 0.614. The van der Waals surface area contributed by atoms with Gasteiger partial charge in [0.1, 0.15) is 11.9 Å². The molecule has 1 amide bonds. The summed E-state index contributed by atoms with van der Waals surface area (Å²) >= 11 is 0. The highest BCUT2D eigenvalue weighted by molar-refractivity contribution is 7.89. The molecule has 0 aliphatic carbocycles. The Balaban J connectivity index is 1.73. The van der Waals surface area contributed by atoms with Gasteiger partial charge in [0, 0.05) is 18.2 Å². The maximum absolute atomic E-state index is 13.1. The topological polar surface area (TPSA) is 124 Å². The number of carbonyl (C=O) groups excluding carboxylic acids is 1. The second-order valence-corrected chi connectivity index (χ2v) is 8.15. The van der Waals surface area contributed by atoms with Crippen molar-refractivity contribution in [3.8, 4) is 11.3 Å². The Kier molecular flexibility index (Phi) is 6.09. The predicted molar refractivity (Wildman–Crippen MR) is 108 cm³/mol. The van der Waals surface area contributed by atoms with Gasteiger partial charge in [-0.05, 0) is 55.0 Å². The van der Waals surface area contributed by atoms with Crippen LogP contribution < -0.4 is 16.0 Å². The molecule has 1 aromatic heterocycles. The molecular formula is C20H19FN4O4S. The van der Waals surface area contributed by atoms with Crippen molar-refractivity contribution < 1.29 is 17.6 Å². The van der Waals surface area contributed by atoms with E-state index in [1.165, 1.54) is 67.6 Å². The van der Waals surface area contributed by atoms with E-state index in [0.717, 1.165) is 4.68 Å². The van der Waals surface area contributed by atoms with Crippen LogP contribution in [0.3, 0.4) is 0 Å². The standard InChI is InChI=1S/C20H19FN4O4S/c1-13(20(27)23-12-14-2-8-17(9-3-14)30(22,28)29)25-19(26)11-10-18(24-25)15-4-6-16(21)7-5-15/h2-11,13H,12H2,1H3,(H,23,27)(H2,22,28,29). The third-order valence-corrected chi connectivity index (χ3v) is 5.36. The zero-order valence-electron chi connectivity index (χ0n) is 15.9. The van der Waals surface area contributed by atoms with Crippen LogP contribution in [0.1, 0.15) is 18.5 Å². The maximum atomic E-state index is 13.1. The van der Waals surface area contributed by atoms with Gasteiger partial charge in [-0.25, -0.2) is 22.6 Å². The molecule has 3 rings (SSSR count). The summed E-state index contributed by atoms with van der Waals surface area (Å²) in [5, 5.41) is 12.0. The van der Waals surface area contributed by atoms with E-state index in [2.05, 4.69) is 10.4 Å². The van der Waals surface area contributed by atoms with Crippen molar-refractivity contribution in [2.45, 2.75) is 24.4 Å². The zero-order valence-corrected chi connectivity index (χ0v) is 16.8. The van der Waals surface area contributed by atoms with Gasteiger partial charge in [-0.15, -0.1) is 0 Å². The Hall–Kier alpha value is -3.37. The summed E-state index contributed by atoms with van der Waals surface area (Å²) in [6.45, 7) is 1.66. The summed E-state index contributed by atoms with van der Waals surface area (Å²) in [4.78, 5) is 24.7. The number of hydrogen-bond acceptors (Lipinski definition) is 5. The molecule has 0 bridgehead atoms. The molecule has 0 radical (unpaired) electrons. The SMILES string of the molecule is CC(C(=O)NCc1ccc(S(N)(=O)=O)cc1)n1nc(-c2ccc(F)cc2)ccc1=O. The van der Waals surface area contributed by atoms with E-state index in [4.69, 9.17) is 5.14 Å². The molecule has 0 saturated heterocycles. The molecule has 10 heteroatoms. The van der Waals surface area contributed by atoms with E-state index in [0.29, 0.717) is 16.8 Å². The molecule has 0 spiro atoms. The van der Waals surface area contributed by atoms with Crippen LogP contribution in [0.2, 0.25) is 0 Å². The molecule has 2 aromatic carbocycles. The minimum Gasteiger partial charge on any atom is -0.350 e. The van der Waals surface area contributed by atoms with Gasteiger partial charge in [0.15, 0.2) is 0 Å². The van der Waals surface area contributed by atoms with Crippen molar-refractivity contribution in [3.63, 3.8) is 0 Å². The fourth-order valence-electron chi connectivity index (χ4n) is 2.72. The summed E-state index contributed by atoms with van der Waals surface area (Å²) in [6.07, 6.45) is 0. The monoisotopic (exact) mass is 430 g/mol. The van der Waals surface area contributed by atoms with E-state index in [1.54, 1.807) is 0 Å². The number of rotatable bonds is 6. The number of sulfonamides is 1. The fourth-order valence-corrected chi connectivity index (χ4v) is 3.24. The van der Waals surface area contributed by atoms with Gasteiger partial charge in [0.05, 0.1) is 10.6 Å². The lowest BCUT2D eigenvalue weighted by molar-refractivity contribution is -0.124. The average Bonchev–Trinajstić information content (AvgIpc) is 2.72. The molecule has 3 aromatic rings. The van der Waals surface area contributed by atoms with Crippen LogP contribution in [-0.2, 0) is 21.4 Å². The van der Waals surface area contributed by atoms with Crippen molar-refractivity contribution in [1.82, 2.24) is 15.1 Å². The maximum Gasteiger partial charge on any atom is 0.267 e. The molecule has 156 valence electrons. The number of benzene rings is 2. The number of hydrogen-bond donors (Lipinski definition) is 2. The van der Waals surface area contributed by atoms with Gasteiger partial charge in [-0.1, -0.05) is 12.1 Å². The molecule has 8 nitrogen and oxygen atoms in total. The molecule has 30 heavy (non-hydrogen) atoms. The fraction of sp³-hybridized carbons (Fsp3) is 0.150. The van der Waals surface area contributed by atoms with Crippen LogP contribution in [-0.4, -0.2) is 24.1 Å². The number of halogens is 1. The van der Waals surface area contributed by atoms with Crippen LogP contribution in [0.4, 0.5) is 4.39 Å². The van der Waals surface area contributed by atoms with Crippen molar-refractivity contribution in [3.05, 3.63) is 82.4 Å². The minimum atomic E-state index is -3.79. The van der Waals surface area contributed by atoms with Crippen LogP contribution in [0.5, 0.6) is 0 Å². The Morgan fingerprint density at radius 2 is 1.73 bits per heavy atom. The van der Waals surface area contributed by atoms with Gasteiger partial charge in [0.25, 0.3) is 5.56 Å². The van der Waals surface area contributed by atoms with Crippen molar-refractivity contribution in [2.24, 2.45) is 5.14 Å². The summed E-state index contributed by atoms with van der Waals surface area (Å²) in [6, 6.07) is 13.3. The number of carbonyl (C=O) groups is 1. The Morgan fingerprint density at radius 1 is 1.10 bits per heavy atom. The first-order valence-electron chi connectivity index (χ1n) is 8.90. The van der Waals surface area contributed by atoms with Crippen molar-refractivity contribution in [1.29, 1.82) is 0 Å². The minimum absolute atomic E-state index is 0.0284. The van der Waals surface area contributed by atoms with E-state index >= 15 is 0 Å². The van der Waals surface area contributed by atoms with E-state index in [1.807, 2.05) is 0 Å². The van der Waals surface area contributed by atoms with Crippen LogP contribution in [0.15, 0.2) is 70.4 Å². The number of nitrogens with one attached hydrogen (secondary N) is 1. The third-order valence-electron chi connectivity index (χ3n) is 4.43. The lowest BCUT2D eigenvalue weighted by Gasteiger charge is -2.15. The number of amides is 1. The first kappa shape index (κ1) is 21.3. The van der Waals surface area contributed by atoms with Gasteiger partial charge in [-0.3, -0.25) is 9.59 Å². The normalized spacial score (nSPS) is 12.4. The smallest absolute Gasteiger partial charge is 0.267 e. The van der Waals surface area contributed by atoms with Crippen LogP contribution in [0.25, 0.3) is 11.3 Å². The molecule has 1 heterocycles. The molecule has 1 atom stereocenters. The predicted octanol–water partition coefficient (Wildman–Crippen LogP) is 1.57. The highest BCUT2D eigenvalue weighted by Gasteiger charge is 2.18. The van der Waals surface area contributed by atoms with E-state index < -0.39 is 33.3 Å². The first-order chi connectivity index (χ1) is 14.1. The van der Waals surface area contributed by atoms with Crippen LogP contribution in [0, 0.1) is 5.82 Å². The molecular weight excluding hydrogens is 411 g/mol. The summed E-state index contributed by atoms with van der Waals surface area (Å²) < 4.78 is 36.7. The summed E-state index contributed by atoms with van der Waals surface area (Å²) in [5.74, 6) is -0.840. The zero-order chi connectivity index (χ0) is 21.9. The van der Waals surface area contributed by atoms with Crippen molar-refractivity contribution >= 4 is 15.9 Å². The molecule has 1 unspecified atom stereocenters.